The van der Waals surface area contributed by atoms with Crippen molar-refractivity contribution in [2.75, 3.05) is 0 Å². The van der Waals surface area contributed by atoms with Crippen molar-refractivity contribution in [1.29, 1.82) is 0 Å². The molecule has 0 saturated heterocycles. The largest absolute Gasteiger partial charge is 0.444 e. The molecule has 122 valence electrons. The van der Waals surface area contributed by atoms with E-state index in [0.29, 0.717) is 5.56 Å². The summed E-state index contributed by atoms with van der Waals surface area (Å²) in [6.07, 6.45) is -1.99. The van der Waals surface area contributed by atoms with Gasteiger partial charge in [0.15, 0.2) is 0 Å². The topological polar surface area (TPSA) is 84.6 Å². The van der Waals surface area contributed by atoms with Gasteiger partial charge < -0.3 is 20.9 Å². The van der Waals surface area contributed by atoms with Crippen LogP contribution in [0.15, 0.2) is 24.3 Å². The first-order chi connectivity index (χ1) is 10.1. The highest BCUT2D eigenvalue weighted by molar-refractivity contribution is 7.80. The monoisotopic (exact) mass is 328 g/mol. The lowest BCUT2D eigenvalue weighted by molar-refractivity contribution is 0.0464. The smallest absolute Gasteiger partial charge is 0.407 e. The number of halogens is 1. The summed E-state index contributed by atoms with van der Waals surface area (Å²) in [7, 11) is 0. The highest BCUT2D eigenvalue weighted by atomic mass is 32.1. The molecule has 1 aromatic carbocycles. The Balaban J connectivity index is 2.88. The SMILES string of the molecule is CC(C)(C)OC(=O)N[C@@H](Cc1ccccc1F)C(O)C(N)=S. The van der Waals surface area contributed by atoms with Crippen molar-refractivity contribution in [2.24, 2.45) is 5.73 Å². The second-order valence-corrected chi connectivity index (χ2v) is 6.37. The van der Waals surface area contributed by atoms with Crippen LogP contribution >= 0.6 is 12.2 Å². The molecule has 5 nitrogen and oxygen atoms in total. The van der Waals surface area contributed by atoms with Gasteiger partial charge in [-0.1, -0.05) is 30.4 Å². The lowest BCUT2D eigenvalue weighted by atomic mass is 10.0. The first-order valence-corrected chi connectivity index (χ1v) is 7.21. The molecule has 7 heteroatoms. The number of thiocarbonyl (C=S) groups is 1. The summed E-state index contributed by atoms with van der Waals surface area (Å²) >= 11 is 4.75. The molecule has 0 aliphatic rings. The summed E-state index contributed by atoms with van der Waals surface area (Å²) < 4.78 is 18.9. The Kier molecular flexibility index (Phi) is 6.25. The van der Waals surface area contributed by atoms with Gasteiger partial charge in [-0.3, -0.25) is 0 Å². The molecule has 1 rings (SSSR count). The van der Waals surface area contributed by atoms with Crippen molar-refractivity contribution in [3.63, 3.8) is 0 Å². The number of amides is 1. The minimum atomic E-state index is -1.29. The van der Waals surface area contributed by atoms with Crippen LogP contribution in [0.4, 0.5) is 9.18 Å². The van der Waals surface area contributed by atoms with Crippen molar-refractivity contribution >= 4 is 23.3 Å². The van der Waals surface area contributed by atoms with Gasteiger partial charge in [0, 0.05) is 0 Å². The van der Waals surface area contributed by atoms with E-state index >= 15 is 0 Å². The van der Waals surface area contributed by atoms with Crippen LogP contribution in [0.1, 0.15) is 26.3 Å². The van der Waals surface area contributed by atoms with Crippen LogP contribution in [0.25, 0.3) is 0 Å². The Hall–Kier alpha value is -1.73. The molecule has 22 heavy (non-hydrogen) atoms. The fourth-order valence-electron chi connectivity index (χ4n) is 1.80. The fraction of sp³-hybridized carbons (Fsp3) is 0.467. The van der Waals surface area contributed by atoms with Gasteiger partial charge in [0.2, 0.25) is 0 Å². The van der Waals surface area contributed by atoms with E-state index in [1.807, 2.05) is 0 Å². The summed E-state index contributed by atoms with van der Waals surface area (Å²) in [6, 6.07) is 5.19. The number of carbonyl (C=O) groups excluding carboxylic acids is 1. The minimum Gasteiger partial charge on any atom is -0.444 e. The van der Waals surface area contributed by atoms with E-state index in [0.717, 1.165) is 0 Å². The number of nitrogens with two attached hydrogens (primary N) is 1. The lowest BCUT2D eigenvalue weighted by Gasteiger charge is -2.26. The van der Waals surface area contributed by atoms with Crippen LogP contribution in [-0.2, 0) is 11.2 Å². The predicted octanol–water partition coefficient (Wildman–Crippen LogP) is 1.91. The molecule has 1 amide bonds. The Morgan fingerprint density at radius 3 is 2.55 bits per heavy atom. The Labute approximate surface area is 134 Å². The van der Waals surface area contributed by atoms with Crippen molar-refractivity contribution in [3.8, 4) is 0 Å². The molecule has 0 bridgehead atoms. The molecular formula is C15H21FN2O3S. The number of ether oxygens (including phenoxy) is 1. The third-order valence-corrected chi connectivity index (χ3v) is 3.01. The Bertz CT molecular complexity index is 546. The van der Waals surface area contributed by atoms with Crippen LogP contribution in [0.2, 0.25) is 0 Å². The van der Waals surface area contributed by atoms with E-state index in [2.05, 4.69) is 5.32 Å². The maximum atomic E-state index is 13.7. The second-order valence-electron chi connectivity index (χ2n) is 5.90. The molecule has 0 radical (unpaired) electrons. The van der Waals surface area contributed by atoms with E-state index in [9.17, 15) is 14.3 Å². The number of hydrogen-bond acceptors (Lipinski definition) is 4. The molecule has 4 N–H and O–H groups in total. The van der Waals surface area contributed by atoms with Crippen LogP contribution in [0.3, 0.4) is 0 Å². The van der Waals surface area contributed by atoms with Gasteiger partial charge in [-0.2, -0.15) is 0 Å². The van der Waals surface area contributed by atoms with Crippen LogP contribution in [0.5, 0.6) is 0 Å². The average molecular weight is 328 g/mol. The average Bonchev–Trinajstić information content (AvgIpc) is 2.37. The van der Waals surface area contributed by atoms with Gasteiger partial charge in [0.1, 0.15) is 22.5 Å². The second kappa shape index (κ2) is 7.51. The summed E-state index contributed by atoms with van der Waals surface area (Å²) in [5.41, 5.74) is 5.07. The first-order valence-electron chi connectivity index (χ1n) is 6.80. The van der Waals surface area contributed by atoms with Crippen LogP contribution < -0.4 is 11.1 Å². The molecule has 0 aromatic heterocycles. The molecule has 2 atom stereocenters. The van der Waals surface area contributed by atoms with Gasteiger partial charge in [-0.15, -0.1) is 0 Å². The Morgan fingerprint density at radius 1 is 1.45 bits per heavy atom. The van der Waals surface area contributed by atoms with Crippen molar-refractivity contribution in [3.05, 3.63) is 35.6 Å². The number of nitrogens with one attached hydrogen (secondary N) is 1. The molecule has 0 spiro atoms. The first kappa shape index (κ1) is 18.3. The predicted molar refractivity (Wildman–Crippen MR) is 86.1 cm³/mol. The van der Waals surface area contributed by atoms with E-state index in [-0.39, 0.29) is 11.4 Å². The number of benzene rings is 1. The van der Waals surface area contributed by atoms with E-state index in [1.54, 1.807) is 39.0 Å². The summed E-state index contributed by atoms with van der Waals surface area (Å²) in [5, 5.41) is 12.5. The summed E-state index contributed by atoms with van der Waals surface area (Å²) in [5.74, 6) is -0.436. The quantitative estimate of drug-likeness (QED) is 0.719. The number of alkyl carbamates (subject to hydrolysis) is 1. The molecule has 0 saturated carbocycles. The minimum absolute atomic E-state index is 0.0322. The zero-order chi connectivity index (χ0) is 16.9. The normalized spacial score (nSPS) is 14.0. The number of aliphatic hydroxyl groups excluding tert-OH is 1. The third-order valence-electron chi connectivity index (χ3n) is 2.77. The number of rotatable bonds is 5. The molecular weight excluding hydrogens is 307 g/mol. The zero-order valence-electron chi connectivity index (χ0n) is 12.8. The highest BCUT2D eigenvalue weighted by Crippen LogP contribution is 2.13. The molecule has 0 fully saturated rings. The molecule has 0 aliphatic heterocycles. The maximum Gasteiger partial charge on any atom is 0.407 e. The maximum absolute atomic E-state index is 13.7. The summed E-state index contributed by atoms with van der Waals surface area (Å²) in [6.45, 7) is 5.13. The lowest BCUT2D eigenvalue weighted by Crippen LogP contribution is -2.51. The van der Waals surface area contributed by atoms with Gasteiger partial charge in [-0.25, -0.2) is 9.18 Å². The van der Waals surface area contributed by atoms with Crippen LogP contribution in [0, 0.1) is 5.82 Å². The van der Waals surface area contributed by atoms with E-state index < -0.39 is 29.7 Å². The van der Waals surface area contributed by atoms with E-state index in [4.69, 9.17) is 22.7 Å². The fourth-order valence-corrected chi connectivity index (χ4v) is 1.96. The van der Waals surface area contributed by atoms with Crippen molar-refractivity contribution in [1.82, 2.24) is 5.32 Å². The third kappa shape index (κ3) is 5.95. The molecule has 1 unspecified atom stereocenters. The molecule has 0 aliphatic carbocycles. The molecule has 1 aromatic rings. The Morgan fingerprint density at radius 2 is 2.05 bits per heavy atom. The van der Waals surface area contributed by atoms with Crippen molar-refractivity contribution < 1.29 is 19.0 Å². The van der Waals surface area contributed by atoms with Gasteiger partial charge in [0.25, 0.3) is 0 Å². The van der Waals surface area contributed by atoms with Gasteiger partial charge in [-0.05, 0) is 38.8 Å². The zero-order valence-corrected chi connectivity index (χ0v) is 13.6. The molecule has 0 heterocycles. The standard InChI is InChI=1S/C15H21FN2O3S/c1-15(2,3)21-14(20)18-11(12(19)13(17)22)8-9-6-4-5-7-10(9)16/h4-7,11-12,19H,8H2,1-3H3,(H2,17,22)(H,18,20)/t11-,12?/m0/s1. The van der Waals surface area contributed by atoms with E-state index in [1.165, 1.54) is 6.07 Å². The van der Waals surface area contributed by atoms with Crippen LogP contribution in [-0.4, -0.2) is 33.9 Å². The van der Waals surface area contributed by atoms with Crippen molar-refractivity contribution in [2.45, 2.75) is 44.9 Å². The summed E-state index contributed by atoms with van der Waals surface area (Å²) in [4.78, 5) is 11.7. The number of hydrogen-bond donors (Lipinski definition) is 3. The number of aliphatic hydroxyl groups is 1. The van der Waals surface area contributed by atoms with Gasteiger partial charge in [0.05, 0.1) is 6.04 Å². The van der Waals surface area contributed by atoms with Gasteiger partial charge >= 0.3 is 6.09 Å². The number of carbonyl (C=O) groups is 1. The highest BCUT2D eigenvalue weighted by Gasteiger charge is 2.27.